The second-order valence-electron chi connectivity index (χ2n) is 4.32. The van der Waals surface area contributed by atoms with E-state index in [0.29, 0.717) is 24.9 Å². The minimum absolute atomic E-state index is 0. The van der Waals surface area contributed by atoms with Crippen LogP contribution in [-0.4, -0.2) is 16.9 Å². The number of rotatable bonds is 5. The molecule has 0 aliphatic rings. The summed E-state index contributed by atoms with van der Waals surface area (Å²) in [6.45, 7) is 0.580. The summed E-state index contributed by atoms with van der Waals surface area (Å²) in [7, 11) is 1.63. The Morgan fingerprint density at radius 3 is 2.57 bits per heavy atom. The number of ether oxygens (including phenoxy) is 1. The van der Waals surface area contributed by atoms with Gasteiger partial charge < -0.3 is 4.74 Å². The van der Waals surface area contributed by atoms with E-state index in [1.165, 1.54) is 0 Å². The number of nitriles is 1. The molecule has 0 saturated carbocycles. The molecule has 0 atom stereocenters. The maximum absolute atomic E-state index is 8.56. The summed E-state index contributed by atoms with van der Waals surface area (Å²) < 4.78 is 6.75. The fourth-order valence-electron chi connectivity index (χ4n) is 1.86. The van der Waals surface area contributed by atoms with Gasteiger partial charge >= 0.3 is 0 Å². The van der Waals surface area contributed by atoms with Crippen LogP contribution in [0, 0.1) is 16.7 Å². The summed E-state index contributed by atoms with van der Waals surface area (Å²) in [5.41, 5.74) is 2.13. The van der Waals surface area contributed by atoms with Crippen LogP contribution in [0.2, 0.25) is 0 Å². The lowest BCUT2D eigenvalue weighted by atomic mass is 10.1. The van der Waals surface area contributed by atoms with Crippen LogP contribution in [0.15, 0.2) is 36.4 Å². The molecule has 0 aliphatic heterocycles. The third-order valence-corrected chi connectivity index (χ3v) is 2.95. The second kappa shape index (κ2) is 8.22. The molecular weight excluding hydrogens is 332 g/mol. The van der Waals surface area contributed by atoms with Gasteiger partial charge in [-0.2, -0.15) is 10.4 Å². The monoisotopic (exact) mass is 348 g/mol. The highest BCUT2D eigenvalue weighted by molar-refractivity contribution is 8.93. The van der Waals surface area contributed by atoms with Crippen molar-refractivity contribution in [2.24, 2.45) is 0 Å². The van der Waals surface area contributed by atoms with Gasteiger partial charge in [-0.1, -0.05) is 0 Å². The molecule has 110 valence electrons. The summed E-state index contributed by atoms with van der Waals surface area (Å²) in [6.07, 6.45) is 1.17. The SMILES string of the molecule is Br.COc1ccc(-c2ccc(=N)n(CCCC#N)n2)cc1. The molecule has 1 aromatic heterocycles. The minimum Gasteiger partial charge on any atom is -0.497 e. The number of hydrogen-bond acceptors (Lipinski definition) is 4. The highest BCUT2D eigenvalue weighted by Crippen LogP contribution is 2.19. The van der Waals surface area contributed by atoms with Gasteiger partial charge in [0.05, 0.1) is 18.9 Å². The van der Waals surface area contributed by atoms with Crippen LogP contribution in [0.25, 0.3) is 11.3 Å². The van der Waals surface area contributed by atoms with Gasteiger partial charge in [0.25, 0.3) is 0 Å². The molecule has 2 aromatic rings. The number of methoxy groups -OCH3 is 1. The van der Waals surface area contributed by atoms with Crippen molar-refractivity contribution in [1.29, 1.82) is 10.7 Å². The molecule has 5 nitrogen and oxygen atoms in total. The van der Waals surface area contributed by atoms with Crippen molar-refractivity contribution in [3.05, 3.63) is 41.9 Å². The van der Waals surface area contributed by atoms with E-state index in [-0.39, 0.29) is 17.0 Å². The molecule has 1 N–H and O–H groups in total. The number of nitrogens with zero attached hydrogens (tertiary/aromatic N) is 3. The average Bonchev–Trinajstić information content (AvgIpc) is 2.49. The van der Waals surface area contributed by atoms with Crippen molar-refractivity contribution in [3.63, 3.8) is 0 Å². The third kappa shape index (κ3) is 4.43. The minimum atomic E-state index is 0. The van der Waals surface area contributed by atoms with Gasteiger partial charge in [0.2, 0.25) is 0 Å². The van der Waals surface area contributed by atoms with Crippen molar-refractivity contribution in [3.8, 4) is 23.1 Å². The highest BCUT2D eigenvalue weighted by Gasteiger charge is 2.02. The third-order valence-electron chi connectivity index (χ3n) is 2.95. The Balaban J connectivity index is 0.00000220. The van der Waals surface area contributed by atoms with E-state index in [9.17, 15) is 0 Å². The molecule has 2 rings (SSSR count). The molecule has 0 radical (unpaired) electrons. The molecule has 0 aliphatic carbocycles. The van der Waals surface area contributed by atoms with Crippen molar-refractivity contribution in [2.75, 3.05) is 7.11 Å². The van der Waals surface area contributed by atoms with Crippen molar-refractivity contribution < 1.29 is 4.74 Å². The van der Waals surface area contributed by atoms with Gasteiger partial charge in [0, 0.05) is 18.5 Å². The molecule has 6 heteroatoms. The smallest absolute Gasteiger partial charge is 0.141 e. The summed E-state index contributed by atoms with van der Waals surface area (Å²) in [4.78, 5) is 0. The Labute approximate surface area is 134 Å². The van der Waals surface area contributed by atoms with Gasteiger partial charge in [-0.25, -0.2) is 4.68 Å². The normalized spacial score (nSPS) is 9.52. The number of aromatic nitrogens is 2. The fraction of sp³-hybridized carbons (Fsp3) is 0.267. The van der Waals surface area contributed by atoms with Crippen LogP contribution in [0.4, 0.5) is 0 Å². The lowest BCUT2D eigenvalue weighted by Crippen LogP contribution is -2.22. The van der Waals surface area contributed by atoms with Crippen LogP contribution in [0.1, 0.15) is 12.8 Å². The lowest BCUT2D eigenvalue weighted by Gasteiger charge is -2.08. The summed E-state index contributed by atoms with van der Waals surface area (Å²) >= 11 is 0. The van der Waals surface area contributed by atoms with Crippen molar-refractivity contribution in [1.82, 2.24) is 9.78 Å². The van der Waals surface area contributed by atoms with Gasteiger partial charge in [-0.15, -0.1) is 17.0 Å². The van der Waals surface area contributed by atoms with Crippen LogP contribution >= 0.6 is 17.0 Å². The summed E-state index contributed by atoms with van der Waals surface area (Å²) in [6, 6.07) is 13.3. The van der Waals surface area contributed by atoms with Crippen LogP contribution in [-0.2, 0) is 6.54 Å². The average molecular weight is 349 g/mol. The first-order valence-electron chi connectivity index (χ1n) is 6.39. The molecular formula is C15H17BrN4O. The molecule has 0 fully saturated rings. The Morgan fingerprint density at radius 2 is 1.95 bits per heavy atom. The van der Waals surface area contributed by atoms with E-state index in [4.69, 9.17) is 15.4 Å². The number of halogens is 1. The molecule has 0 saturated heterocycles. The standard InChI is InChI=1S/C15H16N4O.BrH/c1-20-13-6-4-12(5-7-13)14-8-9-15(17)19(18-14)11-3-2-10-16;/h4-9,17H,2-3,11H2,1H3;1H. The zero-order valence-corrected chi connectivity index (χ0v) is 13.5. The topological polar surface area (TPSA) is 74.7 Å². The maximum Gasteiger partial charge on any atom is 0.141 e. The number of hydrogen-bond donors (Lipinski definition) is 1. The van der Waals surface area contributed by atoms with E-state index >= 15 is 0 Å². The molecule has 21 heavy (non-hydrogen) atoms. The fourth-order valence-corrected chi connectivity index (χ4v) is 1.86. The van der Waals surface area contributed by atoms with E-state index in [1.807, 2.05) is 30.3 Å². The number of benzene rings is 1. The summed E-state index contributed by atoms with van der Waals surface area (Å²) in [5.74, 6) is 0.799. The van der Waals surface area contributed by atoms with Gasteiger partial charge in [-0.05, 0) is 42.8 Å². The van der Waals surface area contributed by atoms with Crippen LogP contribution in [0.3, 0.4) is 0 Å². The zero-order chi connectivity index (χ0) is 14.4. The Morgan fingerprint density at radius 1 is 1.24 bits per heavy atom. The van der Waals surface area contributed by atoms with E-state index in [2.05, 4.69) is 11.2 Å². The predicted molar refractivity (Wildman–Crippen MR) is 85.2 cm³/mol. The van der Waals surface area contributed by atoms with Crippen LogP contribution in [0.5, 0.6) is 5.75 Å². The Hall–Kier alpha value is -2.13. The molecule has 1 heterocycles. The van der Waals surface area contributed by atoms with Gasteiger partial charge in [0.1, 0.15) is 11.2 Å². The van der Waals surface area contributed by atoms with Crippen molar-refractivity contribution >= 4 is 17.0 Å². The number of aryl methyl sites for hydroxylation is 1. The number of nitrogens with one attached hydrogen (secondary N) is 1. The van der Waals surface area contributed by atoms with E-state index in [1.54, 1.807) is 17.9 Å². The number of unbranched alkanes of at least 4 members (excludes halogenated alkanes) is 1. The van der Waals surface area contributed by atoms with Crippen molar-refractivity contribution in [2.45, 2.75) is 19.4 Å². The van der Waals surface area contributed by atoms with Crippen LogP contribution < -0.4 is 10.2 Å². The van der Waals surface area contributed by atoms with E-state index in [0.717, 1.165) is 17.0 Å². The second-order valence-corrected chi connectivity index (χ2v) is 4.32. The maximum atomic E-state index is 8.56. The quantitative estimate of drug-likeness (QED) is 0.844. The highest BCUT2D eigenvalue weighted by atomic mass is 79.9. The largest absolute Gasteiger partial charge is 0.497 e. The zero-order valence-electron chi connectivity index (χ0n) is 11.7. The van der Waals surface area contributed by atoms with Gasteiger partial charge in [-0.3, -0.25) is 5.41 Å². The predicted octanol–water partition coefficient (Wildman–Crippen LogP) is 2.92. The molecule has 0 bridgehead atoms. The van der Waals surface area contributed by atoms with Gasteiger partial charge in [0.15, 0.2) is 0 Å². The first kappa shape index (κ1) is 16.9. The lowest BCUT2D eigenvalue weighted by molar-refractivity contribution is 0.415. The van der Waals surface area contributed by atoms with E-state index < -0.39 is 0 Å². The Kier molecular flexibility index (Phi) is 6.63. The first-order chi connectivity index (χ1) is 9.74. The molecule has 1 aromatic carbocycles. The first-order valence-corrected chi connectivity index (χ1v) is 6.39. The summed E-state index contributed by atoms with van der Waals surface area (Å²) in [5, 5.41) is 20.8. The molecule has 0 amide bonds. The molecule has 0 spiro atoms. The molecule has 0 unspecified atom stereocenters. The Bertz CT molecular complexity index is 673.